The summed E-state index contributed by atoms with van der Waals surface area (Å²) in [6.45, 7) is 4.92. The van der Waals surface area contributed by atoms with Gasteiger partial charge in [0.2, 0.25) is 0 Å². The van der Waals surface area contributed by atoms with Crippen LogP contribution in [0.3, 0.4) is 0 Å². The minimum atomic E-state index is -0.0419. The van der Waals surface area contributed by atoms with E-state index in [1.807, 2.05) is 6.08 Å². The maximum absolute atomic E-state index is 11.5. The molecule has 0 amide bonds. The van der Waals surface area contributed by atoms with Crippen LogP contribution in [-0.2, 0) is 9.53 Å². The molecule has 0 aliphatic rings. The summed E-state index contributed by atoms with van der Waals surface area (Å²) in [4.78, 5) is 11.5. The lowest BCUT2D eigenvalue weighted by molar-refractivity contribution is -0.142. The first-order chi connectivity index (χ1) is 10.8. The number of hydrogen-bond donors (Lipinski definition) is 0. The molecule has 0 bridgehead atoms. The summed E-state index contributed by atoms with van der Waals surface area (Å²) in [5.41, 5.74) is 0. The van der Waals surface area contributed by atoms with Gasteiger partial charge in [0.1, 0.15) is 6.61 Å². The van der Waals surface area contributed by atoms with Gasteiger partial charge in [0.15, 0.2) is 0 Å². The zero-order valence-electron chi connectivity index (χ0n) is 15.1. The number of carbonyl (C=O) groups excluding carboxylic acids is 1. The third-order valence-electron chi connectivity index (χ3n) is 3.97. The van der Waals surface area contributed by atoms with E-state index in [1.54, 1.807) is 0 Å². The number of hydrogen-bond acceptors (Lipinski definition) is 2. The molecule has 0 spiro atoms. The lowest BCUT2D eigenvalue weighted by Gasteiger charge is -2.02. The van der Waals surface area contributed by atoms with Gasteiger partial charge in [0, 0.05) is 6.42 Å². The van der Waals surface area contributed by atoms with Gasteiger partial charge in [0.05, 0.1) is 0 Å². The molecule has 0 aromatic rings. The van der Waals surface area contributed by atoms with Crippen LogP contribution in [-0.4, -0.2) is 12.6 Å². The van der Waals surface area contributed by atoms with Crippen LogP contribution in [0.2, 0.25) is 0 Å². The summed E-state index contributed by atoms with van der Waals surface area (Å²) in [6, 6.07) is 0. The molecule has 22 heavy (non-hydrogen) atoms. The molecule has 0 aliphatic carbocycles. The number of esters is 1. The van der Waals surface area contributed by atoms with Crippen molar-refractivity contribution in [1.29, 1.82) is 0 Å². The molecule has 0 N–H and O–H groups in total. The fourth-order valence-corrected chi connectivity index (χ4v) is 2.49. The molecule has 0 radical (unpaired) electrons. The van der Waals surface area contributed by atoms with Crippen molar-refractivity contribution in [3.63, 3.8) is 0 Å². The minimum absolute atomic E-state index is 0.0419. The maximum Gasteiger partial charge on any atom is 0.306 e. The van der Waals surface area contributed by atoms with Gasteiger partial charge in [-0.15, -0.1) is 0 Å². The van der Waals surface area contributed by atoms with Crippen molar-refractivity contribution in [3.05, 3.63) is 12.2 Å². The highest BCUT2D eigenvalue weighted by atomic mass is 16.5. The average molecular weight is 311 g/mol. The molecular formula is C20H38O2. The Balaban J connectivity index is 3.24. The monoisotopic (exact) mass is 310 g/mol. The molecule has 130 valence electrons. The van der Waals surface area contributed by atoms with Gasteiger partial charge >= 0.3 is 5.97 Å². The molecule has 0 saturated heterocycles. The van der Waals surface area contributed by atoms with Crippen molar-refractivity contribution in [2.75, 3.05) is 6.61 Å². The Morgan fingerprint density at radius 2 is 1.27 bits per heavy atom. The fourth-order valence-electron chi connectivity index (χ4n) is 2.49. The van der Waals surface area contributed by atoms with Gasteiger partial charge in [-0.05, 0) is 19.3 Å². The SMILES string of the molecule is CCCCCCCC/C=C\COC(=O)CCCCCCCC. The van der Waals surface area contributed by atoms with Crippen LogP contribution in [0.1, 0.15) is 104 Å². The summed E-state index contributed by atoms with van der Waals surface area (Å²) < 4.78 is 5.20. The maximum atomic E-state index is 11.5. The molecule has 2 nitrogen and oxygen atoms in total. The summed E-state index contributed by atoms with van der Waals surface area (Å²) >= 11 is 0. The van der Waals surface area contributed by atoms with Crippen molar-refractivity contribution in [2.45, 2.75) is 104 Å². The Morgan fingerprint density at radius 1 is 0.727 bits per heavy atom. The third-order valence-corrected chi connectivity index (χ3v) is 3.97. The molecule has 0 unspecified atom stereocenters. The summed E-state index contributed by atoms with van der Waals surface area (Å²) in [7, 11) is 0. The lowest BCUT2D eigenvalue weighted by atomic mass is 10.1. The quantitative estimate of drug-likeness (QED) is 0.183. The van der Waals surface area contributed by atoms with E-state index < -0.39 is 0 Å². The van der Waals surface area contributed by atoms with Crippen LogP contribution in [0, 0.1) is 0 Å². The Bertz CT molecular complexity index is 258. The Kier molecular flexibility index (Phi) is 17.6. The number of unbranched alkanes of at least 4 members (excludes halogenated alkanes) is 11. The number of allylic oxidation sites excluding steroid dienone is 1. The van der Waals surface area contributed by atoms with Crippen molar-refractivity contribution in [3.8, 4) is 0 Å². The largest absolute Gasteiger partial charge is 0.461 e. The second-order valence-corrected chi connectivity index (χ2v) is 6.23. The van der Waals surface area contributed by atoms with Gasteiger partial charge in [-0.3, -0.25) is 4.79 Å². The highest BCUT2D eigenvalue weighted by Crippen LogP contribution is 2.08. The average Bonchev–Trinajstić information content (AvgIpc) is 2.52. The van der Waals surface area contributed by atoms with Gasteiger partial charge in [0.25, 0.3) is 0 Å². The minimum Gasteiger partial charge on any atom is -0.461 e. The van der Waals surface area contributed by atoms with Gasteiger partial charge in [-0.2, -0.15) is 0 Å². The Labute approximate surface area is 138 Å². The Morgan fingerprint density at radius 3 is 1.91 bits per heavy atom. The molecule has 0 heterocycles. The molecule has 2 heteroatoms. The molecule has 0 saturated carbocycles. The van der Waals surface area contributed by atoms with Gasteiger partial charge in [-0.25, -0.2) is 0 Å². The molecule has 0 fully saturated rings. The molecule has 0 atom stereocenters. The van der Waals surface area contributed by atoms with Crippen molar-refractivity contribution >= 4 is 5.97 Å². The summed E-state index contributed by atoms with van der Waals surface area (Å²) in [5, 5.41) is 0. The number of ether oxygens (including phenoxy) is 1. The second-order valence-electron chi connectivity index (χ2n) is 6.23. The predicted molar refractivity (Wildman–Crippen MR) is 96.1 cm³/mol. The third kappa shape index (κ3) is 17.3. The molecule has 0 aliphatic heterocycles. The van der Waals surface area contributed by atoms with E-state index in [0.717, 1.165) is 19.3 Å². The molecular weight excluding hydrogens is 272 g/mol. The predicted octanol–water partition coefficient (Wildman–Crippen LogP) is 6.59. The summed E-state index contributed by atoms with van der Waals surface area (Å²) in [5.74, 6) is -0.0419. The number of rotatable bonds is 16. The van der Waals surface area contributed by atoms with E-state index in [2.05, 4.69) is 19.9 Å². The van der Waals surface area contributed by atoms with Crippen LogP contribution in [0.15, 0.2) is 12.2 Å². The van der Waals surface area contributed by atoms with E-state index >= 15 is 0 Å². The van der Waals surface area contributed by atoms with E-state index in [-0.39, 0.29) is 5.97 Å². The van der Waals surface area contributed by atoms with Crippen molar-refractivity contribution in [2.24, 2.45) is 0 Å². The molecule has 0 aromatic carbocycles. The molecule has 0 rings (SSSR count). The highest BCUT2D eigenvalue weighted by molar-refractivity contribution is 5.69. The second kappa shape index (κ2) is 18.3. The molecule has 0 aromatic heterocycles. The zero-order valence-corrected chi connectivity index (χ0v) is 15.1. The normalized spacial score (nSPS) is 11.2. The first-order valence-corrected chi connectivity index (χ1v) is 9.61. The summed E-state index contributed by atoms with van der Waals surface area (Å²) in [6.07, 6.45) is 21.1. The topological polar surface area (TPSA) is 26.3 Å². The van der Waals surface area contributed by atoms with Crippen molar-refractivity contribution < 1.29 is 9.53 Å². The smallest absolute Gasteiger partial charge is 0.306 e. The first-order valence-electron chi connectivity index (χ1n) is 9.61. The number of carbonyl (C=O) groups is 1. The van der Waals surface area contributed by atoms with Crippen LogP contribution in [0.5, 0.6) is 0 Å². The van der Waals surface area contributed by atoms with E-state index in [1.165, 1.54) is 64.2 Å². The van der Waals surface area contributed by atoms with Crippen LogP contribution < -0.4 is 0 Å². The lowest BCUT2D eigenvalue weighted by Crippen LogP contribution is -2.03. The van der Waals surface area contributed by atoms with Crippen LogP contribution in [0.4, 0.5) is 0 Å². The Hall–Kier alpha value is -0.790. The zero-order chi connectivity index (χ0) is 16.3. The highest BCUT2D eigenvalue weighted by Gasteiger charge is 2.00. The van der Waals surface area contributed by atoms with Gasteiger partial charge < -0.3 is 4.74 Å². The van der Waals surface area contributed by atoms with E-state index in [9.17, 15) is 4.79 Å². The van der Waals surface area contributed by atoms with E-state index in [0.29, 0.717) is 13.0 Å². The van der Waals surface area contributed by atoms with Crippen LogP contribution >= 0.6 is 0 Å². The standard InChI is InChI=1S/C20H38O2/c1-3-5-7-9-11-12-13-15-17-19-22-20(21)18-16-14-10-8-6-4-2/h15,17H,3-14,16,18-19H2,1-2H3/b17-15-. The van der Waals surface area contributed by atoms with Crippen molar-refractivity contribution in [1.82, 2.24) is 0 Å². The van der Waals surface area contributed by atoms with Gasteiger partial charge in [-0.1, -0.05) is 90.2 Å². The fraction of sp³-hybridized carbons (Fsp3) is 0.850. The van der Waals surface area contributed by atoms with Crippen LogP contribution in [0.25, 0.3) is 0 Å². The first kappa shape index (κ1) is 21.2. The van der Waals surface area contributed by atoms with E-state index in [4.69, 9.17) is 4.74 Å².